The molecule has 0 N–H and O–H groups in total. The van der Waals surface area contributed by atoms with Crippen molar-refractivity contribution in [3.63, 3.8) is 0 Å². The van der Waals surface area contributed by atoms with Gasteiger partial charge in [-0.25, -0.2) is 0 Å². The molecule has 13 heteroatoms. The van der Waals surface area contributed by atoms with Crippen LogP contribution in [0.2, 0.25) is 0 Å². The van der Waals surface area contributed by atoms with Crippen molar-refractivity contribution in [3.05, 3.63) is 11.8 Å². The van der Waals surface area contributed by atoms with Crippen molar-refractivity contribution in [1.29, 1.82) is 0 Å². The van der Waals surface area contributed by atoms with Gasteiger partial charge in [0.25, 0.3) is 0 Å². The van der Waals surface area contributed by atoms with Crippen LogP contribution in [-0.2, 0) is 14.3 Å². The van der Waals surface area contributed by atoms with Crippen molar-refractivity contribution < 1.29 is 52.1 Å². The monoisotopic (exact) mass is 464 g/mol. The van der Waals surface area contributed by atoms with Gasteiger partial charge < -0.3 is 4.18 Å². The van der Waals surface area contributed by atoms with Gasteiger partial charge in [0.1, 0.15) is 5.76 Å². The first kappa shape index (κ1) is 25.9. The van der Waals surface area contributed by atoms with Crippen molar-refractivity contribution in [2.45, 2.75) is 87.5 Å². The summed E-state index contributed by atoms with van der Waals surface area (Å²) in [6, 6.07) is 0. The molecule has 0 amide bonds. The molecule has 172 valence electrons. The van der Waals surface area contributed by atoms with Gasteiger partial charge in [0, 0.05) is 6.42 Å². The van der Waals surface area contributed by atoms with Crippen molar-refractivity contribution in [1.82, 2.24) is 0 Å². The first-order valence-electron chi connectivity index (χ1n) is 8.91. The standard InChI is InChI=1S/C16H21F9O3S/c17-13(18,15(21,22)23)14(19,20)16(24,25)29(26,27)28-12-10-8-6-4-2-1-3-5-7-9-11-12/h10H,1-9,11H2/b12-10-. The van der Waals surface area contributed by atoms with Gasteiger partial charge in [-0.1, -0.05) is 38.5 Å². The van der Waals surface area contributed by atoms with Gasteiger partial charge in [-0.05, 0) is 25.3 Å². The second-order valence-corrected chi connectivity index (χ2v) is 8.33. The minimum atomic E-state index is -7.30. The molecule has 0 radical (unpaired) electrons. The Balaban J connectivity index is 3.13. The Hall–Kier alpha value is -1.14. The summed E-state index contributed by atoms with van der Waals surface area (Å²) in [5.41, 5.74) is 0. The van der Waals surface area contributed by atoms with E-state index in [2.05, 4.69) is 4.18 Å². The van der Waals surface area contributed by atoms with Gasteiger partial charge in [-0.3, -0.25) is 0 Å². The van der Waals surface area contributed by atoms with E-state index in [9.17, 15) is 47.9 Å². The molecule has 0 unspecified atom stereocenters. The maximum Gasteiger partial charge on any atom is 0.460 e. The van der Waals surface area contributed by atoms with E-state index >= 15 is 0 Å². The molecule has 1 aliphatic rings. The average molecular weight is 464 g/mol. The molecule has 0 fully saturated rings. The summed E-state index contributed by atoms with van der Waals surface area (Å²) in [5.74, 6) is -15.3. The highest BCUT2D eigenvalue weighted by Gasteiger charge is 2.86. The van der Waals surface area contributed by atoms with Crippen LogP contribution in [0.1, 0.15) is 64.2 Å². The lowest BCUT2D eigenvalue weighted by molar-refractivity contribution is -0.382. The zero-order valence-corrected chi connectivity index (χ0v) is 16.0. The molecule has 29 heavy (non-hydrogen) atoms. The minimum Gasteiger partial charge on any atom is -0.383 e. The number of hydrogen-bond donors (Lipinski definition) is 0. The third kappa shape index (κ3) is 5.72. The van der Waals surface area contributed by atoms with Crippen LogP contribution in [0.25, 0.3) is 0 Å². The normalized spacial score (nSPS) is 21.5. The quantitative estimate of drug-likeness (QED) is 0.342. The predicted molar refractivity (Wildman–Crippen MR) is 85.2 cm³/mol. The maximum absolute atomic E-state index is 13.7. The lowest BCUT2D eigenvalue weighted by Crippen LogP contribution is -2.63. The van der Waals surface area contributed by atoms with E-state index < -0.39 is 39.2 Å². The molecule has 0 atom stereocenters. The first-order chi connectivity index (χ1) is 13.1. The lowest BCUT2D eigenvalue weighted by atomic mass is 10.0. The predicted octanol–water partition coefficient (Wildman–Crippen LogP) is 6.56. The SMILES string of the molecule is O=S(=O)(O/C1=C\CCCCCCCCCC1)C(F)(F)C(F)(F)C(F)(F)C(F)(F)F. The number of halogens is 9. The second kappa shape index (κ2) is 9.34. The molecule has 1 aliphatic carbocycles. The highest BCUT2D eigenvalue weighted by Crippen LogP contribution is 2.55. The molecule has 0 bridgehead atoms. The molecule has 0 aliphatic heterocycles. The van der Waals surface area contributed by atoms with Crippen LogP contribution < -0.4 is 0 Å². The van der Waals surface area contributed by atoms with Crippen LogP contribution in [0.5, 0.6) is 0 Å². The summed E-state index contributed by atoms with van der Waals surface area (Å²) in [7, 11) is -6.86. The topological polar surface area (TPSA) is 43.4 Å². The number of hydrogen-bond acceptors (Lipinski definition) is 3. The molecule has 0 saturated carbocycles. The summed E-state index contributed by atoms with van der Waals surface area (Å²) in [6.45, 7) is 0. The molecule has 0 heterocycles. The van der Waals surface area contributed by atoms with E-state index in [1.165, 1.54) is 0 Å². The molecule has 1 rings (SSSR count). The first-order valence-corrected chi connectivity index (χ1v) is 10.3. The van der Waals surface area contributed by atoms with Crippen LogP contribution >= 0.6 is 0 Å². The van der Waals surface area contributed by atoms with E-state index in [1.807, 2.05) is 0 Å². The molecule has 0 aromatic carbocycles. The lowest BCUT2D eigenvalue weighted by Gasteiger charge is -2.32. The van der Waals surface area contributed by atoms with Crippen LogP contribution in [0, 0.1) is 0 Å². The number of rotatable bonds is 5. The summed E-state index contributed by atoms with van der Waals surface area (Å²) in [5, 5.41) is -6.83. The minimum absolute atomic E-state index is 0.144. The van der Waals surface area contributed by atoms with Gasteiger partial charge in [0.2, 0.25) is 0 Å². The summed E-state index contributed by atoms with van der Waals surface area (Å²) in [4.78, 5) is 0. The van der Waals surface area contributed by atoms with Crippen LogP contribution in [-0.4, -0.2) is 31.7 Å². The van der Waals surface area contributed by atoms with Gasteiger partial charge in [0.15, 0.2) is 0 Å². The van der Waals surface area contributed by atoms with Crippen molar-refractivity contribution in [2.75, 3.05) is 0 Å². The van der Waals surface area contributed by atoms with E-state index in [1.54, 1.807) is 0 Å². The Morgan fingerprint density at radius 3 is 1.62 bits per heavy atom. The van der Waals surface area contributed by atoms with E-state index in [0.717, 1.165) is 38.2 Å². The number of alkyl halides is 9. The van der Waals surface area contributed by atoms with Crippen molar-refractivity contribution in [3.8, 4) is 0 Å². The molecule has 3 nitrogen and oxygen atoms in total. The van der Waals surface area contributed by atoms with E-state index in [-0.39, 0.29) is 19.3 Å². The van der Waals surface area contributed by atoms with Crippen LogP contribution in [0.4, 0.5) is 39.5 Å². The molecular weight excluding hydrogens is 443 g/mol. The smallest absolute Gasteiger partial charge is 0.383 e. The Labute approximate surface area is 162 Å². The summed E-state index contributed by atoms with van der Waals surface area (Å²) >= 11 is 0. The van der Waals surface area contributed by atoms with Crippen molar-refractivity contribution >= 4 is 10.1 Å². The molecule has 0 aromatic rings. The van der Waals surface area contributed by atoms with Crippen molar-refractivity contribution in [2.24, 2.45) is 0 Å². The van der Waals surface area contributed by atoms with Crippen LogP contribution in [0.3, 0.4) is 0 Å². The molecular formula is C16H21F9O3S. The highest BCUT2D eigenvalue weighted by atomic mass is 32.2. The third-order valence-corrected chi connectivity index (χ3v) is 5.71. The van der Waals surface area contributed by atoms with Gasteiger partial charge in [-0.2, -0.15) is 47.9 Å². The maximum atomic E-state index is 13.7. The fourth-order valence-corrected chi connectivity index (χ4v) is 3.64. The molecule has 0 spiro atoms. The molecule has 0 saturated heterocycles. The van der Waals surface area contributed by atoms with E-state index in [4.69, 9.17) is 0 Å². The zero-order chi connectivity index (χ0) is 22.6. The Kier molecular flexibility index (Phi) is 8.34. The fourth-order valence-electron chi connectivity index (χ4n) is 2.66. The highest BCUT2D eigenvalue weighted by molar-refractivity contribution is 7.88. The largest absolute Gasteiger partial charge is 0.460 e. The van der Waals surface area contributed by atoms with Gasteiger partial charge in [0.05, 0.1) is 0 Å². The zero-order valence-electron chi connectivity index (χ0n) is 15.2. The number of allylic oxidation sites excluding steroid dienone is 2. The third-order valence-electron chi connectivity index (χ3n) is 4.40. The fraction of sp³-hybridized carbons (Fsp3) is 0.875. The van der Waals surface area contributed by atoms with E-state index in [0.29, 0.717) is 12.8 Å². The second-order valence-electron chi connectivity index (χ2n) is 6.74. The van der Waals surface area contributed by atoms with Gasteiger partial charge in [-0.15, -0.1) is 0 Å². The molecule has 0 aromatic heterocycles. The Bertz CT molecular complexity index is 670. The average Bonchev–Trinajstić information content (AvgIpc) is 2.55. The Morgan fingerprint density at radius 2 is 1.14 bits per heavy atom. The van der Waals surface area contributed by atoms with Gasteiger partial charge >= 0.3 is 33.4 Å². The van der Waals surface area contributed by atoms with Crippen LogP contribution in [0.15, 0.2) is 11.8 Å². The Morgan fingerprint density at radius 1 is 0.690 bits per heavy atom. The summed E-state index contributed by atoms with van der Waals surface area (Å²) in [6.07, 6.45) is -0.689. The summed E-state index contributed by atoms with van der Waals surface area (Å²) < 4.78 is 144.